The van der Waals surface area contributed by atoms with E-state index in [9.17, 15) is 0 Å². The number of hydrogen-bond donors (Lipinski definition) is 4. The third-order valence-electron chi connectivity index (χ3n) is 0.267. The first-order valence-electron chi connectivity index (χ1n) is 1.37. The van der Waals surface area contributed by atoms with Gasteiger partial charge in [-0.25, -0.2) is 0 Å². The Labute approximate surface area is 102 Å². The van der Waals surface area contributed by atoms with Crippen molar-refractivity contribution >= 4 is 0 Å². The molecule has 6 heteroatoms. The minimum Gasteiger partial charge on any atom is -0.364 e. The van der Waals surface area contributed by atoms with Gasteiger partial charge in [-0.1, -0.05) is 0 Å². The molecule has 4 N–H and O–H groups in total. The molecule has 0 amide bonds. The summed E-state index contributed by atoms with van der Waals surface area (Å²) in [4.78, 5) is 0. The van der Waals surface area contributed by atoms with Gasteiger partial charge in [-0.05, 0) is 0 Å². The van der Waals surface area contributed by atoms with Crippen LogP contribution < -0.4 is 0 Å². The van der Waals surface area contributed by atoms with Gasteiger partial charge in [0.25, 0.3) is 0 Å². The summed E-state index contributed by atoms with van der Waals surface area (Å²) >= 11 is 0. The molecular formula is C6H18O4Zn2. The normalized spacial score (nSPS) is 5.50. The van der Waals surface area contributed by atoms with Gasteiger partial charge in [0, 0.05) is 0 Å². The summed E-state index contributed by atoms with van der Waals surface area (Å²) < 4.78 is 0. The van der Waals surface area contributed by atoms with Crippen molar-refractivity contribution < 1.29 is 59.4 Å². The van der Waals surface area contributed by atoms with Gasteiger partial charge in [0.2, 0.25) is 12.6 Å². The van der Waals surface area contributed by atoms with Gasteiger partial charge in [-0.2, -0.15) is 0 Å². The molecule has 0 fully saturated rings. The van der Waals surface area contributed by atoms with Crippen LogP contribution in [-0.2, 0) is 39.0 Å². The van der Waals surface area contributed by atoms with E-state index in [0.29, 0.717) is 0 Å². The molecule has 0 unspecified atom stereocenters. The summed E-state index contributed by atoms with van der Waals surface area (Å²) in [6, 6.07) is 0. The maximum Gasteiger partial charge on any atom is 2.00 e. The maximum atomic E-state index is 7.69. The molecule has 0 radical (unpaired) electrons. The van der Waals surface area contributed by atoms with E-state index in [1.807, 2.05) is 0 Å². The Morgan fingerprint density at radius 3 is 0.583 bits per heavy atom. The molecule has 0 aromatic rings. The molecule has 0 aliphatic rings. The SMILES string of the molecule is OC(O)C(O)O.[CH3-].[CH3-].[CH3-].[CH3-].[Zn+2].[Zn+2]. The number of aliphatic hydroxyl groups is 4. The Hall–Kier alpha value is 1.09. The van der Waals surface area contributed by atoms with Crippen LogP contribution in [0.25, 0.3) is 0 Å². The van der Waals surface area contributed by atoms with Crippen molar-refractivity contribution in [1.82, 2.24) is 0 Å². The summed E-state index contributed by atoms with van der Waals surface area (Å²) in [7, 11) is 0. The van der Waals surface area contributed by atoms with Crippen molar-refractivity contribution in [3.8, 4) is 0 Å². The molecule has 0 saturated heterocycles. The Kier molecular flexibility index (Phi) is 127. The second-order valence-electron chi connectivity index (χ2n) is 0.827. The van der Waals surface area contributed by atoms with Crippen LogP contribution in [0.15, 0.2) is 0 Å². The topological polar surface area (TPSA) is 80.9 Å². The third kappa shape index (κ3) is 43.6. The molecule has 70 valence electrons. The molecule has 0 aromatic carbocycles. The number of hydrogen-bond acceptors (Lipinski definition) is 4. The van der Waals surface area contributed by atoms with Gasteiger partial charge in [0.1, 0.15) is 0 Å². The first-order valence-corrected chi connectivity index (χ1v) is 1.37. The molecule has 0 aliphatic carbocycles. The monoisotopic (exact) mass is 282 g/mol. The zero-order chi connectivity index (χ0) is 5.15. The number of rotatable bonds is 1. The first kappa shape index (κ1) is 51.6. The van der Waals surface area contributed by atoms with Crippen LogP contribution in [0.2, 0.25) is 0 Å². The summed E-state index contributed by atoms with van der Waals surface area (Å²) in [5.41, 5.74) is 0. The van der Waals surface area contributed by atoms with Crippen molar-refractivity contribution in [1.29, 1.82) is 0 Å². The second kappa shape index (κ2) is 29.6. The van der Waals surface area contributed by atoms with Crippen molar-refractivity contribution in [2.24, 2.45) is 0 Å². The molecule has 0 atom stereocenters. The molecule has 0 heterocycles. The first-order chi connectivity index (χ1) is 2.64. The number of aliphatic hydroxyl groups excluding tert-OH is 2. The molecule has 0 bridgehead atoms. The molecule has 4 nitrogen and oxygen atoms in total. The fraction of sp³-hybridized carbons (Fsp3) is 0.333. The smallest absolute Gasteiger partial charge is 0.364 e. The van der Waals surface area contributed by atoms with Gasteiger partial charge >= 0.3 is 39.0 Å². The van der Waals surface area contributed by atoms with Crippen LogP contribution in [0.1, 0.15) is 0 Å². The van der Waals surface area contributed by atoms with E-state index in [2.05, 4.69) is 0 Å². The molecular weight excluding hydrogens is 267 g/mol. The second-order valence-corrected chi connectivity index (χ2v) is 0.827. The predicted octanol–water partition coefficient (Wildman–Crippen LogP) is -0.596. The van der Waals surface area contributed by atoms with Gasteiger partial charge < -0.3 is 50.1 Å². The van der Waals surface area contributed by atoms with E-state index in [1.165, 1.54) is 0 Å². The Morgan fingerprint density at radius 1 is 0.500 bits per heavy atom. The van der Waals surface area contributed by atoms with Crippen molar-refractivity contribution in [2.75, 3.05) is 0 Å². The van der Waals surface area contributed by atoms with Crippen molar-refractivity contribution in [3.05, 3.63) is 29.7 Å². The Balaban J connectivity index is -0.00000000833. The van der Waals surface area contributed by atoms with E-state index in [4.69, 9.17) is 20.4 Å². The van der Waals surface area contributed by atoms with Gasteiger partial charge in [-0.15, -0.1) is 0 Å². The zero-order valence-corrected chi connectivity index (χ0v) is 14.3. The Morgan fingerprint density at radius 2 is 0.583 bits per heavy atom. The molecule has 12 heavy (non-hydrogen) atoms. The van der Waals surface area contributed by atoms with E-state index >= 15 is 0 Å². The standard InChI is InChI=1S/C2H6O4.4CH3.2Zn/c3-1(4)2(5)6;;;;;;/h1-6H;4*1H3;;/q;4*-1;2*+2. The molecule has 0 spiro atoms. The molecule has 0 aromatic heterocycles. The molecule has 0 aliphatic heterocycles. The third-order valence-corrected chi connectivity index (χ3v) is 0.267. The van der Waals surface area contributed by atoms with Crippen molar-refractivity contribution in [2.45, 2.75) is 12.6 Å². The minimum atomic E-state index is -2.04. The quantitative estimate of drug-likeness (QED) is 0.295. The largest absolute Gasteiger partial charge is 2.00 e. The van der Waals surface area contributed by atoms with Crippen LogP contribution in [0.3, 0.4) is 0 Å². The summed E-state index contributed by atoms with van der Waals surface area (Å²) in [6.45, 7) is 0. The summed E-state index contributed by atoms with van der Waals surface area (Å²) in [5, 5.41) is 30.7. The van der Waals surface area contributed by atoms with Crippen LogP contribution in [0, 0.1) is 29.7 Å². The van der Waals surface area contributed by atoms with Gasteiger partial charge in [0.15, 0.2) is 0 Å². The maximum absolute atomic E-state index is 7.69. The minimum absolute atomic E-state index is 0. The van der Waals surface area contributed by atoms with Crippen LogP contribution >= 0.6 is 0 Å². The van der Waals surface area contributed by atoms with Gasteiger partial charge in [-0.3, -0.25) is 0 Å². The van der Waals surface area contributed by atoms with Crippen molar-refractivity contribution in [3.63, 3.8) is 0 Å². The summed E-state index contributed by atoms with van der Waals surface area (Å²) in [6.07, 6.45) is -4.07. The van der Waals surface area contributed by atoms with E-state index in [1.54, 1.807) is 0 Å². The Bertz CT molecular complexity index is 38.5. The van der Waals surface area contributed by atoms with E-state index in [0.717, 1.165) is 0 Å². The van der Waals surface area contributed by atoms with Crippen LogP contribution in [0.4, 0.5) is 0 Å². The predicted molar refractivity (Wildman–Crippen MR) is 42.1 cm³/mol. The van der Waals surface area contributed by atoms with Crippen LogP contribution in [-0.4, -0.2) is 33.0 Å². The average molecular weight is 285 g/mol. The zero-order valence-electron chi connectivity index (χ0n) is 8.36. The van der Waals surface area contributed by atoms with E-state index in [-0.39, 0.29) is 68.7 Å². The van der Waals surface area contributed by atoms with Gasteiger partial charge in [0.05, 0.1) is 0 Å². The molecule has 0 saturated carbocycles. The fourth-order valence-corrected chi connectivity index (χ4v) is 0. The summed E-state index contributed by atoms with van der Waals surface area (Å²) in [5.74, 6) is 0. The fourth-order valence-electron chi connectivity index (χ4n) is 0. The average Bonchev–Trinajstić information content (AvgIpc) is 1.36. The van der Waals surface area contributed by atoms with Crippen LogP contribution in [0.5, 0.6) is 0 Å². The molecule has 0 rings (SSSR count). The van der Waals surface area contributed by atoms with E-state index < -0.39 is 12.6 Å².